The highest BCUT2D eigenvalue weighted by atomic mass is 16.5. The normalized spacial score (nSPS) is 27.8. The molecule has 1 saturated heterocycles. The van der Waals surface area contributed by atoms with E-state index in [0.29, 0.717) is 12.6 Å². The van der Waals surface area contributed by atoms with Gasteiger partial charge in [0, 0.05) is 32.1 Å². The minimum atomic E-state index is 0.259. The number of nitrogens with two attached hydrogens (primary N) is 1. The van der Waals surface area contributed by atoms with Crippen LogP contribution in [0, 0.1) is 0 Å². The van der Waals surface area contributed by atoms with Crippen molar-refractivity contribution in [1.29, 1.82) is 0 Å². The average Bonchev–Trinajstić information content (AvgIpc) is 2.81. The standard InChI is InChI=1S/C14H20N2O2/c15-8-12-10-17-6-5-16(12)9-13-7-11-3-1-2-4-14(11)18-13/h1-4,12-13H,5-10,15H2. The van der Waals surface area contributed by atoms with Crippen LogP contribution in [0.15, 0.2) is 24.3 Å². The third-order valence-corrected chi connectivity index (χ3v) is 3.77. The zero-order valence-corrected chi connectivity index (χ0v) is 10.5. The highest BCUT2D eigenvalue weighted by Gasteiger charge is 2.28. The van der Waals surface area contributed by atoms with Crippen LogP contribution < -0.4 is 10.5 Å². The van der Waals surface area contributed by atoms with Crippen molar-refractivity contribution >= 4 is 0 Å². The molecular weight excluding hydrogens is 228 g/mol. The van der Waals surface area contributed by atoms with E-state index >= 15 is 0 Å². The van der Waals surface area contributed by atoms with E-state index in [1.54, 1.807) is 0 Å². The summed E-state index contributed by atoms with van der Waals surface area (Å²) in [5, 5.41) is 0. The SMILES string of the molecule is NCC1COCCN1CC1Cc2ccccc2O1. The quantitative estimate of drug-likeness (QED) is 0.853. The topological polar surface area (TPSA) is 47.7 Å². The van der Waals surface area contributed by atoms with Crippen molar-refractivity contribution in [3.8, 4) is 5.75 Å². The van der Waals surface area contributed by atoms with Gasteiger partial charge in [-0.1, -0.05) is 18.2 Å². The van der Waals surface area contributed by atoms with E-state index in [2.05, 4.69) is 23.1 Å². The van der Waals surface area contributed by atoms with E-state index in [0.717, 1.165) is 38.5 Å². The molecular formula is C14H20N2O2. The Balaban J connectivity index is 1.61. The van der Waals surface area contributed by atoms with Gasteiger partial charge in [-0.25, -0.2) is 0 Å². The molecule has 3 rings (SSSR count). The minimum Gasteiger partial charge on any atom is -0.488 e. The summed E-state index contributed by atoms with van der Waals surface area (Å²) in [7, 11) is 0. The summed E-state index contributed by atoms with van der Waals surface area (Å²) in [6.07, 6.45) is 1.26. The molecule has 2 N–H and O–H groups in total. The van der Waals surface area contributed by atoms with E-state index in [9.17, 15) is 0 Å². The summed E-state index contributed by atoms with van der Waals surface area (Å²) < 4.78 is 11.4. The third-order valence-electron chi connectivity index (χ3n) is 3.77. The molecule has 0 amide bonds. The van der Waals surface area contributed by atoms with Crippen LogP contribution in [0.5, 0.6) is 5.75 Å². The molecule has 4 heteroatoms. The summed E-state index contributed by atoms with van der Waals surface area (Å²) in [5.74, 6) is 1.04. The Bertz CT molecular complexity index is 386. The van der Waals surface area contributed by atoms with Crippen LogP contribution in [0.2, 0.25) is 0 Å². The van der Waals surface area contributed by atoms with Gasteiger partial charge in [-0.3, -0.25) is 4.90 Å². The third kappa shape index (κ3) is 2.36. The second-order valence-electron chi connectivity index (χ2n) is 5.01. The molecule has 0 saturated carbocycles. The van der Waals surface area contributed by atoms with Gasteiger partial charge in [0.05, 0.1) is 13.2 Å². The molecule has 1 fully saturated rings. The van der Waals surface area contributed by atoms with Gasteiger partial charge in [0.1, 0.15) is 11.9 Å². The first-order valence-corrected chi connectivity index (χ1v) is 6.63. The number of ether oxygens (including phenoxy) is 2. The van der Waals surface area contributed by atoms with Gasteiger partial charge in [0.2, 0.25) is 0 Å². The molecule has 2 unspecified atom stereocenters. The lowest BCUT2D eigenvalue weighted by molar-refractivity contribution is -0.0172. The van der Waals surface area contributed by atoms with E-state index in [4.69, 9.17) is 15.2 Å². The highest BCUT2D eigenvalue weighted by Crippen LogP contribution is 2.28. The fourth-order valence-electron chi connectivity index (χ4n) is 2.76. The highest BCUT2D eigenvalue weighted by molar-refractivity contribution is 5.37. The summed E-state index contributed by atoms with van der Waals surface area (Å²) in [6, 6.07) is 8.64. The van der Waals surface area contributed by atoms with E-state index in [1.165, 1.54) is 5.56 Å². The molecule has 2 aliphatic rings. The van der Waals surface area contributed by atoms with Gasteiger partial charge >= 0.3 is 0 Å². The molecule has 18 heavy (non-hydrogen) atoms. The molecule has 2 aliphatic heterocycles. The number of benzene rings is 1. The number of rotatable bonds is 3. The maximum absolute atomic E-state index is 5.98. The zero-order valence-electron chi connectivity index (χ0n) is 10.5. The van der Waals surface area contributed by atoms with E-state index < -0.39 is 0 Å². The summed E-state index contributed by atoms with van der Waals surface area (Å²) in [6.45, 7) is 4.10. The van der Waals surface area contributed by atoms with Crippen molar-refractivity contribution in [2.24, 2.45) is 5.73 Å². The van der Waals surface area contributed by atoms with Crippen LogP contribution >= 0.6 is 0 Å². The minimum absolute atomic E-state index is 0.259. The molecule has 0 radical (unpaired) electrons. The van der Waals surface area contributed by atoms with Crippen LogP contribution in [-0.2, 0) is 11.2 Å². The maximum atomic E-state index is 5.98. The van der Waals surface area contributed by atoms with Crippen molar-refractivity contribution in [3.63, 3.8) is 0 Å². The molecule has 2 atom stereocenters. The van der Waals surface area contributed by atoms with Gasteiger partial charge < -0.3 is 15.2 Å². The van der Waals surface area contributed by atoms with Gasteiger partial charge in [0.15, 0.2) is 0 Å². The van der Waals surface area contributed by atoms with Crippen LogP contribution in [0.1, 0.15) is 5.56 Å². The molecule has 2 heterocycles. The Kier molecular flexibility index (Phi) is 3.50. The number of fused-ring (bicyclic) bond motifs is 1. The molecule has 0 bridgehead atoms. The molecule has 0 spiro atoms. The van der Waals surface area contributed by atoms with Gasteiger partial charge in [-0.2, -0.15) is 0 Å². The van der Waals surface area contributed by atoms with E-state index in [1.807, 2.05) is 6.07 Å². The number of morpholine rings is 1. The van der Waals surface area contributed by atoms with Crippen molar-refractivity contribution in [2.45, 2.75) is 18.6 Å². The van der Waals surface area contributed by atoms with Crippen molar-refractivity contribution in [2.75, 3.05) is 32.8 Å². The largest absolute Gasteiger partial charge is 0.488 e. The lowest BCUT2D eigenvalue weighted by Crippen LogP contribution is -2.52. The molecule has 0 aromatic heterocycles. The predicted octanol–water partition coefficient (Wildman–Crippen LogP) is 0.650. The van der Waals surface area contributed by atoms with Gasteiger partial charge in [-0.15, -0.1) is 0 Å². The summed E-state index contributed by atoms with van der Waals surface area (Å²) in [5.41, 5.74) is 7.11. The van der Waals surface area contributed by atoms with Crippen LogP contribution in [0.4, 0.5) is 0 Å². The van der Waals surface area contributed by atoms with Crippen LogP contribution in [0.25, 0.3) is 0 Å². The first-order valence-electron chi connectivity index (χ1n) is 6.63. The monoisotopic (exact) mass is 248 g/mol. The van der Waals surface area contributed by atoms with Crippen LogP contribution in [-0.4, -0.2) is 49.9 Å². The number of hydrogen-bond acceptors (Lipinski definition) is 4. The van der Waals surface area contributed by atoms with Crippen molar-refractivity contribution in [3.05, 3.63) is 29.8 Å². The van der Waals surface area contributed by atoms with Crippen molar-refractivity contribution < 1.29 is 9.47 Å². The summed E-state index contributed by atoms with van der Waals surface area (Å²) >= 11 is 0. The lowest BCUT2D eigenvalue weighted by atomic mass is 10.1. The second kappa shape index (κ2) is 5.26. The smallest absolute Gasteiger partial charge is 0.123 e. The first kappa shape index (κ1) is 12.0. The fraction of sp³-hybridized carbons (Fsp3) is 0.571. The molecule has 98 valence electrons. The Morgan fingerprint density at radius 1 is 1.33 bits per heavy atom. The Hall–Kier alpha value is -1.10. The molecule has 4 nitrogen and oxygen atoms in total. The lowest BCUT2D eigenvalue weighted by Gasteiger charge is -2.36. The predicted molar refractivity (Wildman–Crippen MR) is 69.8 cm³/mol. The Morgan fingerprint density at radius 3 is 3.06 bits per heavy atom. The van der Waals surface area contributed by atoms with Crippen molar-refractivity contribution in [1.82, 2.24) is 4.90 Å². The van der Waals surface area contributed by atoms with Gasteiger partial charge in [-0.05, 0) is 11.6 Å². The first-order chi connectivity index (χ1) is 8.86. The fourth-order valence-corrected chi connectivity index (χ4v) is 2.76. The van der Waals surface area contributed by atoms with E-state index in [-0.39, 0.29) is 6.10 Å². The number of nitrogens with zero attached hydrogens (tertiary/aromatic N) is 1. The Morgan fingerprint density at radius 2 is 2.22 bits per heavy atom. The zero-order chi connectivity index (χ0) is 12.4. The summed E-state index contributed by atoms with van der Waals surface area (Å²) in [4.78, 5) is 2.40. The maximum Gasteiger partial charge on any atom is 0.123 e. The molecule has 0 aliphatic carbocycles. The Labute approximate surface area is 108 Å². The molecule has 1 aromatic rings. The number of hydrogen-bond donors (Lipinski definition) is 1. The molecule has 1 aromatic carbocycles. The van der Waals surface area contributed by atoms with Gasteiger partial charge in [0.25, 0.3) is 0 Å². The average molecular weight is 248 g/mol. The second-order valence-corrected chi connectivity index (χ2v) is 5.01. The van der Waals surface area contributed by atoms with Crippen LogP contribution in [0.3, 0.4) is 0 Å². The number of para-hydroxylation sites is 1.